The van der Waals surface area contributed by atoms with E-state index in [4.69, 9.17) is 25.8 Å². The van der Waals surface area contributed by atoms with E-state index in [2.05, 4.69) is 0 Å². The molecule has 0 saturated carbocycles. The molecule has 0 unspecified atom stereocenters. The van der Waals surface area contributed by atoms with Crippen LogP contribution in [0, 0.1) is 0 Å². The van der Waals surface area contributed by atoms with Gasteiger partial charge in [0, 0.05) is 10.6 Å². The average Bonchev–Trinajstić information content (AvgIpc) is 2.52. The molecule has 110 valence electrons. The van der Waals surface area contributed by atoms with Crippen molar-refractivity contribution in [3.8, 4) is 11.5 Å². The van der Waals surface area contributed by atoms with E-state index in [-0.39, 0.29) is 12.2 Å². The van der Waals surface area contributed by atoms with Gasteiger partial charge in [0.1, 0.15) is 23.7 Å². The number of halogens is 1. The predicted molar refractivity (Wildman–Crippen MR) is 80.1 cm³/mol. The lowest BCUT2D eigenvalue weighted by Crippen LogP contribution is -2.09. The summed E-state index contributed by atoms with van der Waals surface area (Å²) in [4.78, 5) is 12.3. The Morgan fingerprint density at radius 1 is 1.00 bits per heavy atom. The average molecular weight is 307 g/mol. The summed E-state index contributed by atoms with van der Waals surface area (Å²) in [6.07, 6.45) is 0. The van der Waals surface area contributed by atoms with E-state index in [0.717, 1.165) is 5.56 Å². The largest absolute Gasteiger partial charge is 0.496 e. The van der Waals surface area contributed by atoms with E-state index in [0.29, 0.717) is 16.5 Å². The summed E-state index contributed by atoms with van der Waals surface area (Å²) in [7, 11) is 2.97. The molecule has 5 heteroatoms. The van der Waals surface area contributed by atoms with E-state index in [1.807, 2.05) is 12.1 Å². The normalized spacial score (nSPS) is 10.0. The monoisotopic (exact) mass is 306 g/mol. The Labute approximate surface area is 128 Å². The first-order chi connectivity index (χ1) is 10.2. The van der Waals surface area contributed by atoms with Gasteiger partial charge in [-0.25, -0.2) is 4.79 Å². The highest BCUT2D eigenvalue weighted by molar-refractivity contribution is 6.31. The van der Waals surface area contributed by atoms with Crippen LogP contribution in [0.4, 0.5) is 0 Å². The zero-order valence-corrected chi connectivity index (χ0v) is 12.5. The summed E-state index contributed by atoms with van der Waals surface area (Å²) in [5.74, 6) is 0.279. The summed E-state index contributed by atoms with van der Waals surface area (Å²) >= 11 is 6.03. The van der Waals surface area contributed by atoms with Crippen molar-refractivity contribution in [1.29, 1.82) is 0 Å². The fraction of sp³-hybridized carbons (Fsp3) is 0.188. The van der Waals surface area contributed by atoms with E-state index in [9.17, 15) is 4.79 Å². The smallest absolute Gasteiger partial charge is 0.346 e. The third-order valence-corrected chi connectivity index (χ3v) is 3.32. The van der Waals surface area contributed by atoms with Gasteiger partial charge < -0.3 is 14.2 Å². The van der Waals surface area contributed by atoms with Gasteiger partial charge in [0.15, 0.2) is 0 Å². The summed E-state index contributed by atoms with van der Waals surface area (Å²) in [5, 5.41) is 0.553. The molecule has 0 heterocycles. The van der Waals surface area contributed by atoms with Crippen LogP contribution in [0.3, 0.4) is 0 Å². The minimum absolute atomic E-state index is 0.0830. The maximum atomic E-state index is 12.3. The fourth-order valence-corrected chi connectivity index (χ4v) is 2.07. The van der Waals surface area contributed by atoms with Crippen molar-refractivity contribution in [3.05, 3.63) is 58.6 Å². The van der Waals surface area contributed by atoms with Crippen molar-refractivity contribution in [2.75, 3.05) is 14.2 Å². The van der Waals surface area contributed by atoms with Crippen LogP contribution in [0.15, 0.2) is 42.5 Å². The number of carbonyl (C=O) groups is 1. The minimum atomic E-state index is -0.524. The van der Waals surface area contributed by atoms with Gasteiger partial charge in [0.25, 0.3) is 0 Å². The molecule has 0 saturated heterocycles. The molecule has 0 aromatic heterocycles. The quantitative estimate of drug-likeness (QED) is 0.790. The molecule has 21 heavy (non-hydrogen) atoms. The van der Waals surface area contributed by atoms with Crippen molar-refractivity contribution >= 4 is 17.6 Å². The summed E-state index contributed by atoms with van der Waals surface area (Å²) in [6, 6.07) is 12.3. The number of rotatable bonds is 5. The Kier molecular flexibility index (Phi) is 5.06. The highest BCUT2D eigenvalue weighted by Crippen LogP contribution is 2.29. The van der Waals surface area contributed by atoms with Crippen LogP contribution in [0.1, 0.15) is 15.9 Å². The Morgan fingerprint density at radius 3 is 2.19 bits per heavy atom. The Hall–Kier alpha value is -2.20. The van der Waals surface area contributed by atoms with Gasteiger partial charge in [-0.3, -0.25) is 0 Å². The molecular weight excluding hydrogens is 292 g/mol. The number of hydrogen-bond donors (Lipinski definition) is 0. The maximum absolute atomic E-state index is 12.3. The summed E-state index contributed by atoms with van der Waals surface area (Å²) in [5.41, 5.74) is 0.996. The molecule has 4 nitrogen and oxygen atoms in total. The van der Waals surface area contributed by atoms with Crippen molar-refractivity contribution in [3.63, 3.8) is 0 Å². The highest BCUT2D eigenvalue weighted by Gasteiger charge is 2.19. The van der Waals surface area contributed by atoms with Crippen molar-refractivity contribution < 1.29 is 19.0 Å². The first-order valence-electron chi connectivity index (χ1n) is 6.29. The highest BCUT2D eigenvalue weighted by atomic mass is 35.5. The van der Waals surface area contributed by atoms with E-state index in [1.54, 1.807) is 30.3 Å². The van der Waals surface area contributed by atoms with Crippen LogP contribution in [0.25, 0.3) is 0 Å². The number of methoxy groups -OCH3 is 2. The lowest BCUT2D eigenvalue weighted by atomic mass is 10.1. The second-order valence-electron chi connectivity index (χ2n) is 4.21. The molecule has 2 aromatic rings. The number of esters is 1. The zero-order valence-electron chi connectivity index (χ0n) is 11.8. The Morgan fingerprint density at radius 2 is 1.62 bits per heavy atom. The Balaban J connectivity index is 2.19. The first-order valence-corrected chi connectivity index (χ1v) is 6.66. The van der Waals surface area contributed by atoms with Crippen molar-refractivity contribution in [1.82, 2.24) is 0 Å². The van der Waals surface area contributed by atoms with Crippen LogP contribution in [0.5, 0.6) is 11.5 Å². The number of hydrogen-bond acceptors (Lipinski definition) is 4. The van der Waals surface area contributed by atoms with Gasteiger partial charge in [-0.2, -0.15) is 0 Å². The molecule has 0 bridgehead atoms. The van der Waals surface area contributed by atoms with Crippen LogP contribution < -0.4 is 9.47 Å². The molecular formula is C16H15ClO4. The van der Waals surface area contributed by atoms with Crippen molar-refractivity contribution in [2.24, 2.45) is 0 Å². The molecule has 0 spiro atoms. The van der Waals surface area contributed by atoms with E-state index >= 15 is 0 Å². The molecule has 0 N–H and O–H groups in total. The SMILES string of the molecule is COc1cccc(OC)c1C(=O)OCc1ccccc1Cl. The van der Waals surface area contributed by atoms with Crippen LogP contribution >= 0.6 is 11.6 Å². The van der Waals surface area contributed by atoms with Crippen LogP contribution in [0.2, 0.25) is 5.02 Å². The lowest BCUT2D eigenvalue weighted by molar-refractivity contribution is 0.0465. The van der Waals surface area contributed by atoms with E-state index in [1.165, 1.54) is 14.2 Å². The molecule has 0 aliphatic carbocycles. The second-order valence-corrected chi connectivity index (χ2v) is 4.61. The first kappa shape index (κ1) is 15.2. The molecule has 0 atom stereocenters. The van der Waals surface area contributed by atoms with Crippen LogP contribution in [-0.4, -0.2) is 20.2 Å². The zero-order chi connectivity index (χ0) is 15.2. The number of carbonyl (C=O) groups excluding carboxylic acids is 1. The lowest BCUT2D eigenvalue weighted by Gasteiger charge is -2.12. The number of benzene rings is 2. The second kappa shape index (κ2) is 6.99. The van der Waals surface area contributed by atoms with Gasteiger partial charge in [-0.1, -0.05) is 35.9 Å². The third-order valence-electron chi connectivity index (χ3n) is 2.95. The van der Waals surface area contributed by atoms with Gasteiger partial charge in [-0.15, -0.1) is 0 Å². The van der Waals surface area contributed by atoms with Crippen molar-refractivity contribution in [2.45, 2.75) is 6.61 Å². The molecule has 0 fully saturated rings. The fourth-order valence-electron chi connectivity index (χ4n) is 1.88. The van der Waals surface area contributed by atoms with E-state index < -0.39 is 5.97 Å². The molecule has 0 amide bonds. The van der Waals surface area contributed by atoms with Gasteiger partial charge in [-0.05, 0) is 18.2 Å². The standard InChI is InChI=1S/C16H15ClO4/c1-19-13-8-5-9-14(20-2)15(13)16(18)21-10-11-6-3-4-7-12(11)17/h3-9H,10H2,1-2H3. The third kappa shape index (κ3) is 3.47. The summed E-state index contributed by atoms with van der Waals surface area (Å²) < 4.78 is 15.7. The molecule has 0 aliphatic rings. The Bertz CT molecular complexity index is 618. The maximum Gasteiger partial charge on any atom is 0.346 e. The van der Waals surface area contributed by atoms with Gasteiger partial charge in [0.2, 0.25) is 0 Å². The molecule has 2 rings (SSSR count). The predicted octanol–water partition coefficient (Wildman–Crippen LogP) is 3.71. The minimum Gasteiger partial charge on any atom is -0.496 e. The van der Waals surface area contributed by atoms with Gasteiger partial charge >= 0.3 is 5.97 Å². The molecule has 2 aromatic carbocycles. The molecule has 0 aliphatic heterocycles. The van der Waals surface area contributed by atoms with Crippen LogP contribution in [-0.2, 0) is 11.3 Å². The summed E-state index contributed by atoms with van der Waals surface area (Å²) in [6.45, 7) is 0.0830. The topological polar surface area (TPSA) is 44.8 Å². The number of ether oxygens (including phenoxy) is 3. The van der Waals surface area contributed by atoms with Gasteiger partial charge in [0.05, 0.1) is 14.2 Å². The molecule has 0 radical (unpaired) electrons.